The summed E-state index contributed by atoms with van der Waals surface area (Å²) in [5.41, 5.74) is 0.833. The van der Waals surface area contributed by atoms with E-state index in [1.165, 1.54) is 11.8 Å². The molecule has 0 saturated carbocycles. The minimum Gasteiger partial charge on any atom is -0.493 e. The Morgan fingerprint density at radius 3 is 2.61 bits per heavy atom. The van der Waals surface area contributed by atoms with Gasteiger partial charge in [0.2, 0.25) is 5.91 Å². The quantitative estimate of drug-likeness (QED) is 0.288. The molecule has 0 radical (unpaired) electrons. The number of ether oxygens (including phenoxy) is 2. The highest BCUT2D eigenvalue weighted by molar-refractivity contribution is 8.26. The van der Waals surface area contributed by atoms with Crippen molar-refractivity contribution in [2.24, 2.45) is 0 Å². The maximum Gasteiger partial charge on any atom is 0.266 e. The van der Waals surface area contributed by atoms with Gasteiger partial charge in [0.25, 0.3) is 5.91 Å². The molecule has 1 aromatic carbocycles. The van der Waals surface area contributed by atoms with Gasteiger partial charge in [0.15, 0.2) is 11.5 Å². The second-order valence-electron chi connectivity index (χ2n) is 6.96. The smallest absolute Gasteiger partial charge is 0.266 e. The summed E-state index contributed by atoms with van der Waals surface area (Å²) in [5.74, 6) is 1.19. The number of benzene rings is 1. The van der Waals surface area contributed by atoms with E-state index in [1.54, 1.807) is 36.2 Å². The third-order valence-corrected chi connectivity index (χ3v) is 6.33. The zero-order valence-corrected chi connectivity index (χ0v) is 19.9. The van der Waals surface area contributed by atoms with E-state index in [4.69, 9.17) is 26.8 Å². The van der Waals surface area contributed by atoms with Crippen molar-refractivity contribution in [1.82, 2.24) is 9.80 Å². The molecule has 1 aliphatic heterocycles. The van der Waals surface area contributed by atoms with Crippen molar-refractivity contribution in [2.45, 2.75) is 32.6 Å². The average Bonchev–Trinajstić information content (AvgIpc) is 3.03. The molecule has 0 bridgehead atoms. The van der Waals surface area contributed by atoms with Crippen molar-refractivity contribution in [1.29, 1.82) is 0 Å². The largest absolute Gasteiger partial charge is 0.493 e. The molecule has 2 amide bonds. The first-order valence-corrected chi connectivity index (χ1v) is 11.5. The van der Waals surface area contributed by atoms with Gasteiger partial charge in [-0.2, -0.15) is 0 Å². The number of amides is 2. The van der Waals surface area contributed by atoms with Crippen molar-refractivity contribution in [3.05, 3.63) is 28.7 Å². The fourth-order valence-corrected chi connectivity index (χ4v) is 4.56. The van der Waals surface area contributed by atoms with Crippen molar-refractivity contribution in [3.8, 4) is 11.5 Å². The molecule has 31 heavy (non-hydrogen) atoms. The molecule has 2 rings (SSSR count). The number of likely N-dealkylation sites (N-methyl/N-ethyl adjacent to an activating group) is 1. The van der Waals surface area contributed by atoms with Gasteiger partial charge >= 0.3 is 0 Å². The van der Waals surface area contributed by atoms with Crippen LogP contribution in [0.25, 0.3) is 6.08 Å². The Morgan fingerprint density at radius 1 is 1.23 bits per heavy atom. The number of nitrogens with zero attached hydrogens (tertiary/aromatic N) is 2. The molecule has 1 N–H and O–H groups in total. The number of carbonyl (C=O) groups is 2. The Labute approximate surface area is 193 Å². The van der Waals surface area contributed by atoms with Gasteiger partial charge in [-0.1, -0.05) is 36.5 Å². The zero-order valence-electron chi connectivity index (χ0n) is 18.3. The predicted molar refractivity (Wildman–Crippen MR) is 127 cm³/mol. The van der Waals surface area contributed by atoms with Crippen LogP contribution >= 0.6 is 24.0 Å². The summed E-state index contributed by atoms with van der Waals surface area (Å²) in [6, 6.07) is 5.48. The number of aliphatic hydroxyl groups is 1. The molecule has 1 saturated heterocycles. The summed E-state index contributed by atoms with van der Waals surface area (Å²) < 4.78 is 11.1. The maximum atomic E-state index is 12.8. The van der Waals surface area contributed by atoms with Crippen LogP contribution in [-0.2, 0) is 9.59 Å². The Kier molecular flexibility index (Phi) is 10.3. The van der Waals surface area contributed by atoms with E-state index in [9.17, 15) is 9.59 Å². The first-order valence-electron chi connectivity index (χ1n) is 10.3. The zero-order chi connectivity index (χ0) is 22.8. The Bertz CT molecular complexity index is 828. The normalized spacial score (nSPS) is 15.0. The van der Waals surface area contributed by atoms with Crippen LogP contribution in [0.3, 0.4) is 0 Å². The van der Waals surface area contributed by atoms with Gasteiger partial charge in [-0.25, -0.2) is 0 Å². The number of thiocarbonyl (C=S) groups is 1. The number of hydrogen-bond acceptors (Lipinski definition) is 7. The predicted octanol–water partition coefficient (Wildman–Crippen LogP) is 3.31. The Balaban J connectivity index is 1.87. The van der Waals surface area contributed by atoms with Gasteiger partial charge < -0.3 is 19.5 Å². The SMILES string of the molecule is CCN(CCO)C(=O)CCCCCN1C(=O)/C(=C/c2ccc(OC)c(OC)c2)SC1=S. The molecule has 0 atom stereocenters. The molecule has 0 spiro atoms. The highest BCUT2D eigenvalue weighted by atomic mass is 32.2. The number of hydrogen-bond donors (Lipinski definition) is 1. The van der Waals surface area contributed by atoms with Crippen molar-refractivity contribution in [2.75, 3.05) is 40.5 Å². The van der Waals surface area contributed by atoms with Crippen molar-refractivity contribution in [3.63, 3.8) is 0 Å². The molecule has 1 heterocycles. The van der Waals surface area contributed by atoms with E-state index < -0.39 is 0 Å². The Morgan fingerprint density at radius 2 is 1.97 bits per heavy atom. The van der Waals surface area contributed by atoms with Crippen LogP contribution in [0.4, 0.5) is 0 Å². The topological polar surface area (TPSA) is 79.3 Å². The lowest BCUT2D eigenvalue weighted by atomic mass is 10.1. The second-order valence-corrected chi connectivity index (χ2v) is 8.63. The highest BCUT2D eigenvalue weighted by Crippen LogP contribution is 2.34. The lowest BCUT2D eigenvalue weighted by Gasteiger charge is -2.19. The van der Waals surface area contributed by atoms with Crippen LogP contribution in [0.1, 0.15) is 38.2 Å². The summed E-state index contributed by atoms with van der Waals surface area (Å²) in [6.45, 7) is 3.39. The van der Waals surface area contributed by atoms with Crippen molar-refractivity contribution < 1.29 is 24.2 Å². The third-order valence-electron chi connectivity index (χ3n) is 4.96. The molecule has 0 aromatic heterocycles. The van der Waals surface area contributed by atoms with Crippen LogP contribution in [0.2, 0.25) is 0 Å². The maximum absolute atomic E-state index is 12.8. The van der Waals surface area contributed by atoms with E-state index >= 15 is 0 Å². The van der Waals surface area contributed by atoms with Crippen LogP contribution in [-0.4, -0.2) is 71.5 Å². The van der Waals surface area contributed by atoms with E-state index in [-0.39, 0.29) is 18.4 Å². The molecular weight excluding hydrogens is 436 g/mol. The highest BCUT2D eigenvalue weighted by Gasteiger charge is 2.31. The van der Waals surface area contributed by atoms with Gasteiger partial charge in [-0.15, -0.1) is 0 Å². The molecule has 1 aliphatic rings. The van der Waals surface area contributed by atoms with Crippen LogP contribution in [0, 0.1) is 0 Å². The van der Waals surface area contributed by atoms with Crippen LogP contribution in [0.5, 0.6) is 11.5 Å². The van der Waals surface area contributed by atoms with Gasteiger partial charge in [-0.05, 0) is 43.5 Å². The molecule has 1 aromatic rings. The summed E-state index contributed by atoms with van der Waals surface area (Å²) in [4.78, 5) is 28.7. The molecule has 9 heteroatoms. The number of aliphatic hydroxyl groups excluding tert-OH is 1. The third kappa shape index (κ3) is 6.95. The number of carbonyl (C=O) groups excluding carboxylic acids is 2. The van der Waals surface area contributed by atoms with E-state index in [1.807, 2.05) is 19.1 Å². The van der Waals surface area contributed by atoms with E-state index in [0.29, 0.717) is 46.8 Å². The monoisotopic (exact) mass is 466 g/mol. The molecule has 1 fully saturated rings. The first kappa shape index (κ1) is 25.2. The first-order chi connectivity index (χ1) is 14.9. The number of thioether (sulfide) groups is 1. The fraction of sp³-hybridized carbons (Fsp3) is 0.500. The second kappa shape index (κ2) is 12.7. The summed E-state index contributed by atoms with van der Waals surface area (Å²) in [6.07, 6.45) is 4.60. The van der Waals surface area contributed by atoms with Gasteiger partial charge in [0, 0.05) is 26.1 Å². The van der Waals surface area contributed by atoms with Gasteiger partial charge in [-0.3, -0.25) is 14.5 Å². The lowest BCUT2D eigenvalue weighted by molar-refractivity contribution is -0.131. The average molecular weight is 467 g/mol. The summed E-state index contributed by atoms with van der Waals surface area (Å²) in [7, 11) is 3.15. The van der Waals surface area contributed by atoms with E-state index in [2.05, 4.69) is 0 Å². The standard InChI is InChI=1S/C22H30N2O5S2/c1-4-23(12-13-25)20(26)8-6-5-7-11-24-21(27)19(31-22(24)30)15-16-9-10-17(28-2)18(14-16)29-3/h9-10,14-15,25H,4-8,11-13H2,1-3H3/b19-15-. The Hall–Kier alpha value is -2.10. The van der Waals surface area contributed by atoms with Gasteiger partial charge in [0.1, 0.15) is 4.32 Å². The molecule has 7 nitrogen and oxygen atoms in total. The van der Waals surface area contributed by atoms with Crippen molar-refractivity contribution >= 4 is 46.2 Å². The number of rotatable bonds is 12. The summed E-state index contributed by atoms with van der Waals surface area (Å²) >= 11 is 6.69. The van der Waals surface area contributed by atoms with Crippen LogP contribution in [0.15, 0.2) is 23.1 Å². The van der Waals surface area contributed by atoms with E-state index in [0.717, 1.165) is 24.8 Å². The minimum absolute atomic E-state index is 0.0229. The molecule has 0 unspecified atom stereocenters. The lowest BCUT2D eigenvalue weighted by Crippen LogP contribution is -2.33. The van der Waals surface area contributed by atoms with Crippen LogP contribution < -0.4 is 9.47 Å². The fourth-order valence-electron chi connectivity index (χ4n) is 3.25. The number of unbranched alkanes of at least 4 members (excludes halogenated alkanes) is 2. The molecule has 0 aliphatic carbocycles. The summed E-state index contributed by atoms with van der Waals surface area (Å²) in [5, 5.41) is 9.00. The minimum atomic E-state index is -0.0963. The molecule has 170 valence electrons. The molecular formula is C22H30N2O5S2. The van der Waals surface area contributed by atoms with Gasteiger partial charge in [0.05, 0.1) is 25.7 Å². The number of methoxy groups -OCH3 is 2.